The number of hydrogen-bond acceptors (Lipinski definition) is 2. The Morgan fingerprint density at radius 3 is 2.86 bits per heavy atom. The zero-order valence-electron chi connectivity index (χ0n) is 12.8. The fourth-order valence-electron chi connectivity index (χ4n) is 3.23. The zero-order chi connectivity index (χ0) is 14.5. The molecule has 0 aromatic heterocycles. The second-order valence-electron chi connectivity index (χ2n) is 6.02. The lowest BCUT2D eigenvalue weighted by Crippen LogP contribution is -2.27. The Labute approximate surface area is 127 Å². The molecule has 2 aromatic rings. The molecular weight excluding hydrogens is 258 g/mol. The van der Waals surface area contributed by atoms with Crippen LogP contribution in [0.2, 0.25) is 0 Å². The van der Waals surface area contributed by atoms with E-state index in [1.165, 1.54) is 35.6 Å². The molecule has 2 atom stereocenters. The smallest absolute Gasteiger partial charge is 0.0587 e. The van der Waals surface area contributed by atoms with Crippen LogP contribution in [0.25, 0.3) is 10.8 Å². The Morgan fingerprint density at radius 2 is 2.00 bits per heavy atom. The number of ether oxygens (including phenoxy) is 1. The summed E-state index contributed by atoms with van der Waals surface area (Å²) in [6.07, 6.45) is 5.37. The van der Waals surface area contributed by atoms with Gasteiger partial charge in [-0.05, 0) is 55.5 Å². The van der Waals surface area contributed by atoms with E-state index in [4.69, 9.17) is 4.74 Å². The molecule has 0 radical (unpaired) electrons. The highest BCUT2D eigenvalue weighted by Gasteiger charge is 2.14. The highest BCUT2D eigenvalue weighted by Crippen LogP contribution is 2.24. The number of hydrogen-bond donors (Lipinski definition) is 1. The van der Waals surface area contributed by atoms with E-state index < -0.39 is 0 Å². The van der Waals surface area contributed by atoms with Crippen molar-refractivity contribution in [3.05, 3.63) is 48.0 Å². The lowest BCUT2D eigenvalue weighted by Gasteiger charge is -2.24. The first-order valence-corrected chi connectivity index (χ1v) is 8.17. The maximum atomic E-state index is 5.80. The van der Waals surface area contributed by atoms with Gasteiger partial charge in [-0.1, -0.05) is 42.5 Å². The average Bonchev–Trinajstić information content (AvgIpc) is 2.55. The summed E-state index contributed by atoms with van der Waals surface area (Å²) in [5.74, 6) is 0. The van der Waals surface area contributed by atoms with E-state index in [9.17, 15) is 0 Å². The Balaban J connectivity index is 1.60. The van der Waals surface area contributed by atoms with Gasteiger partial charge in [0.1, 0.15) is 0 Å². The molecule has 2 nitrogen and oxygen atoms in total. The first-order chi connectivity index (χ1) is 10.3. The summed E-state index contributed by atoms with van der Waals surface area (Å²) in [7, 11) is 0. The van der Waals surface area contributed by atoms with E-state index in [-0.39, 0.29) is 0 Å². The van der Waals surface area contributed by atoms with E-state index in [1.807, 2.05) is 0 Å². The fourth-order valence-corrected chi connectivity index (χ4v) is 3.23. The first kappa shape index (κ1) is 14.6. The predicted octanol–water partition coefficient (Wildman–Crippen LogP) is 4.45. The molecule has 0 bridgehead atoms. The lowest BCUT2D eigenvalue weighted by molar-refractivity contribution is 0.0113. The van der Waals surface area contributed by atoms with Crippen molar-refractivity contribution in [3.63, 3.8) is 0 Å². The van der Waals surface area contributed by atoms with Crippen LogP contribution in [0.4, 0.5) is 0 Å². The van der Waals surface area contributed by atoms with Crippen LogP contribution in [0.5, 0.6) is 0 Å². The predicted molar refractivity (Wildman–Crippen MR) is 88.6 cm³/mol. The highest BCUT2D eigenvalue weighted by molar-refractivity contribution is 5.86. The standard InChI is InChI=1S/C19H25NO/c1-15(20-13-12-17-9-4-5-14-21-17)18-11-6-8-16-7-2-3-10-19(16)18/h2-3,6-8,10-11,15,17,20H,4-5,9,12-14H2,1H3. The van der Waals surface area contributed by atoms with E-state index in [0.717, 1.165) is 19.6 Å². The molecule has 0 saturated carbocycles. The Morgan fingerprint density at radius 1 is 1.14 bits per heavy atom. The van der Waals surface area contributed by atoms with E-state index in [1.54, 1.807) is 0 Å². The second-order valence-corrected chi connectivity index (χ2v) is 6.02. The van der Waals surface area contributed by atoms with Gasteiger partial charge >= 0.3 is 0 Å². The number of nitrogens with one attached hydrogen (secondary N) is 1. The third kappa shape index (κ3) is 3.63. The van der Waals surface area contributed by atoms with Crippen LogP contribution < -0.4 is 5.32 Å². The van der Waals surface area contributed by atoms with Gasteiger partial charge in [-0.2, -0.15) is 0 Å². The highest BCUT2D eigenvalue weighted by atomic mass is 16.5. The normalized spacial score (nSPS) is 20.5. The van der Waals surface area contributed by atoms with Crippen molar-refractivity contribution in [1.29, 1.82) is 0 Å². The van der Waals surface area contributed by atoms with Gasteiger partial charge in [0, 0.05) is 12.6 Å². The molecular formula is C19H25NO. The van der Waals surface area contributed by atoms with Crippen molar-refractivity contribution in [2.45, 2.75) is 44.8 Å². The molecule has 2 unspecified atom stereocenters. The van der Waals surface area contributed by atoms with Crippen molar-refractivity contribution >= 4 is 10.8 Å². The van der Waals surface area contributed by atoms with Gasteiger partial charge in [-0.25, -0.2) is 0 Å². The molecule has 0 aliphatic carbocycles. The van der Waals surface area contributed by atoms with Crippen molar-refractivity contribution in [2.24, 2.45) is 0 Å². The molecule has 2 heteroatoms. The first-order valence-electron chi connectivity index (χ1n) is 8.17. The topological polar surface area (TPSA) is 21.3 Å². The summed E-state index contributed by atoms with van der Waals surface area (Å²) >= 11 is 0. The minimum absolute atomic E-state index is 0.375. The molecule has 2 aromatic carbocycles. The van der Waals surface area contributed by atoms with Gasteiger partial charge in [0.2, 0.25) is 0 Å². The fraction of sp³-hybridized carbons (Fsp3) is 0.474. The summed E-state index contributed by atoms with van der Waals surface area (Å²) in [5.41, 5.74) is 1.39. The Hall–Kier alpha value is -1.38. The van der Waals surface area contributed by atoms with Crippen molar-refractivity contribution in [2.75, 3.05) is 13.2 Å². The van der Waals surface area contributed by atoms with Crippen LogP contribution in [-0.2, 0) is 4.74 Å². The third-order valence-corrected chi connectivity index (χ3v) is 4.48. The number of fused-ring (bicyclic) bond motifs is 1. The van der Waals surface area contributed by atoms with Gasteiger partial charge < -0.3 is 10.1 Å². The minimum atomic E-state index is 0.375. The SMILES string of the molecule is CC(NCCC1CCCCO1)c1cccc2ccccc12. The summed E-state index contributed by atoms with van der Waals surface area (Å²) in [6, 6.07) is 15.6. The van der Waals surface area contributed by atoms with Crippen LogP contribution in [0.1, 0.15) is 44.2 Å². The monoisotopic (exact) mass is 283 g/mol. The number of rotatable bonds is 5. The summed E-state index contributed by atoms with van der Waals surface area (Å²) in [5, 5.41) is 6.33. The second kappa shape index (κ2) is 7.06. The maximum Gasteiger partial charge on any atom is 0.0587 e. The van der Waals surface area contributed by atoms with Crippen LogP contribution in [0.15, 0.2) is 42.5 Å². The van der Waals surface area contributed by atoms with Crippen molar-refractivity contribution < 1.29 is 4.74 Å². The molecule has 1 N–H and O–H groups in total. The molecule has 0 amide bonds. The molecule has 1 saturated heterocycles. The lowest BCUT2D eigenvalue weighted by atomic mass is 9.99. The van der Waals surface area contributed by atoms with Crippen molar-refractivity contribution in [1.82, 2.24) is 5.32 Å². The molecule has 112 valence electrons. The van der Waals surface area contributed by atoms with Gasteiger partial charge in [0.25, 0.3) is 0 Å². The molecule has 1 aliphatic heterocycles. The van der Waals surface area contributed by atoms with Crippen molar-refractivity contribution in [3.8, 4) is 0 Å². The Kier molecular flexibility index (Phi) is 4.89. The van der Waals surface area contributed by atoms with Crippen LogP contribution in [0, 0.1) is 0 Å². The number of benzene rings is 2. The zero-order valence-corrected chi connectivity index (χ0v) is 12.8. The van der Waals surface area contributed by atoms with E-state index >= 15 is 0 Å². The maximum absolute atomic E-state index is 5.80. The average molecular weight is 283 g/mol. The molecule has 1 aliphatic rings. The van der Waals surface area contributed by atoms with E-state index in [0.29, 0.717) is 12.1 Å². The molecule has 0 spiro atoms. The van der Waals surface area contributed by atoms with Gasteiger partial charge in [-0.3, -0.25) is 0 Å². The van der Waals surface area contributed by atoms with Crippen LogP contribution in [0.3, 0.4) is 0 Å². The quantitative estimate of drug-likeness (QED) is 0.875. The van der Waals surface area contributed by atoms with Gasteiger partial charge in [-0.15, -0.1) is 0 Å². The minimum Gasteiger partial charge on any atom is -0.378 e. The van der Waals surface area contributed by atoms with Gasteiger partial charge in [0.05, 0.1) is 6.10 Å². The van der Waals surface area contributed by atoms with Crippen LogP contribution >= 0.6 is 0 Å². The Bertz CT molecular complexity index is 569. The molecule has 3 rings (SSSR count). The van der Waals surface area contributed by atoms with E-state index in [2.05, 4.69) is 54.7 Å². The summed E-state index contributed by atoms with van der Waals surface area (Å²) < 4.78 is 5.80. The largest absolute Gasteiger partial charge is 0.378 e. The third-order valence-electron chi connectivity index (χ3n) is 4.48. The van der Waals surface area contributed by atoms with Gasteiger partial charge in [0.15, 0.2) is 0 Å². The molecule has 21 heavy (non-hydrogen) atoms. The van der Waals surface area contributed by atoms with Crippen LogP contribution in [-0.4, -0.2) is 19.3 Å². The summed E-state index contributed by atoms with van der Waals surface area (Å²) in [4.78, 5) is 0. The molecule has 1 heterocycles. The molecule has 1 fully saturated rings. The summed E-state index contributed by atoms with van der Waals surface area (Å²) in [6.45, 7) is 4.22.